The Morgan fingerprint density at radius 2 is 2.16 bits per heavy atom. The smallest absolute Gasteiger partial charge is 0.341 e. The lowest BCUT2D eigenvalue weighted by atomic mass is 10.1. The molecule has 2 heterocycles. The van der Waals surface area contributed by atoms with E-state index in [1.54, 1.807) is 12.3 Å². The van der Waals surface area contributed by atoms with Gasteiger partial charge in [-0.05, 0) is 12.1 Å². The zero-order valence-electron chi connectivity index (χ0n) is 9.92. The Balaban J connectivity index is 2.50. The Hall–Kier alpha value is -2.08. The zero-order valence-corrected chi connectivity index (χ0v) is 11.5. The van der Waals surface area contributed by atoms with E-state index < -0.39 is 5.97 Å². The highest BCUT2D eigenvalue weighted by Gasteiger charge is 2.18. The van der Waals surface area contributed by atoms with E-state index >= 15 is 0 Å². The fourth-order valence-electron chi connectivity index (χ4n) is 2.17. The Labute approximate surface area is 116 Å². The Kier molecular flexibility index (Phi) is 2.67. The average molecular weight is 321 g/mol. The van der Waals surface area contributed by atoms with E-state index in [0.29, 0.717) is 16.4 Å². The van der Waals surface area contributed by atoms with Gasteiger partial charge < -0.3 is 9.94 Å². The summed E-state index contributed by atoms with van der Waals surface area (Å²) in [4.78, 5) is 15.8. The zero-order chi connectivity index (χ0) is 13.6. The molecular weight excluding hydrogens is 312 g/mol. The molecule has 0 saturated carbocycles. The quantitative estimate of drug-likeness (QED) is 0.553. The molecule has 6 heteroatoms. The van der Waals surface area contributed by atoms with Crippen molar-refractivity contribution in [2.45, 2.75) is 0 Å². The van der Waals surface area contributed by atoms with Gasteiger partial charge in [-0.25, -0.2) is 4.79 Å². The maximum atomic E-state index is 11.7. The molecule has 0 fully saturated rings. The first-order chi connectivity index (χ1) is 9.13. The van der Waals surface area contributed by atoms with Crippen molar-refractivity contribution in [2.75, 3.05) is 7.11 Å². The molecule has 0 aliphatic rings. The molecule has 1 N–H and O–H groups in total. The number of fused-ring (bicyclic) bond motifs is 3. The van der Waals surface area contributed by atoms with Crippen LogP contribution in [0.25, 0.3) is 21.8 Å². The molecule has 5 nitrogen and oxygen atoms in total. The van der Waals surface area contributed by atoms with Crippen LogP contribution < -0.4 is 0 Å². The number of pyridine rings is 1. The maximum Gasteiger partial charge on any atom is 0.341 e. The van der Waals surface area contributed by atoms with Gasteiger partial charge in [-0.2, -0.15) is 4.73 Å². The van der Waals surface area contributed by atoms with Crippen molar-refractivity contribution >= 4 is 43.7 Å². The molecule has 0 radical (unpaired) electrons. The second-order valence-electron chi connectivity index (χ2n) is 4.05. The second-order valence-corrected chi connectivity index (χ2v) is 4.96. The van der Waals surface area contributed by atoms with Gasteiger partial charge >= 0.3 is 5.97 Å². The van der Waals surface area contributed by atoms with Crippen LogP contribution in [0.15, 0.2) is 35.1 Å². The number of carbonyl (C=O) groups excluding carboxylic acids is 1. The molecule has 0 amide bonds. The number of hydrogen-bond donors (Lipinski definition) is 1. The summed E-state index contributed by atoms with van der Waals surface area (Å²) >= 11 is 3.35. The average Bonchev–Trinajstić information content (AvgIpc) is 2.71. The summed E-state index contributed by atoms with van der Waals surface area (Å²) in [6, 6.07) is 5.50. The maximum absolute atomic E-state index is 11.7. The minimum atomic E-state index is -0.532. The van der Waals surface area contributed by atoms with E-state index in [1.807, 2.05) is 12.1 Å². The highest BCUT2D eigenvalue weighted by atomic mass is 79.9. The van der Waals surface area contributed by atoms with E-state index in [9.17, 15) is 10.0 Å². The van der Waals surface area contributed by atoms with Crippen LogP contribution in [0.1, 0.15) is 10.4 Å². The fraction of sp³-hybridized carbons (Fsp3) is 0.0769. The monoisotopic (exact) mass is 320 g/mol. The van der Waals surface area contributed by atoms with Crippen LogP contribution in [0.2, 0.25) is 0 Å². The van der Waals surface area contributed by atoms with E-state index in [0.717, 1.165) is 14.6 Å². The molecule has 0 atom stereocenters. The van der Waals surface area contributed by atoms with Crippen LogP contribution in [0.4, 0.5) is 0 Å². The van der Waals surface area contributed by atoms with Crippen LogP contribution in [0.3, 0.4) is 0 Å². The number of methoxy groups -OCH3 is 1. The lowest BCUT2D eigenvalue weighted by Crippen LogP contribution is -2.05. The van der Waals surface area contributed by atoms with Crippen molar-refractivity contribution in [3.8, 4) is 0 Å². The third kappa shape index (κ3) is 1.67. The highest BCUT2D eigenvalue weighted by molar-refractivity contribution is 9.10. The molecule has 0 spiro atoms. The molecule has 3 aromatic rings. The topological polar surface area (TPSA) is 64.3 Å². The Morgan fingerprint density at radius 1 is 1.37 bits per heavy atom. The first kappa shape index (κ1) is 12.0. The van der Waals surface area contributed by atoms with Gasteiger partial charge in [-0.15, -0.1) is 0 Å². The number of ether oxygens (including phenoxy) is 1. The molecule has 0 bridgehead atoms. The summed E-state index contributed by atoms with van der Waals surface area (Å²) in [6.45, 7) is 0. The third-order valence-corrected chi connectivity index (χ3v) is 3.51. The normalized spacial score (nSPS) is 11.1. The molecule has 96 valence electrons. The predicted molar refractivity (Wildman–Crippen MR) is 73.5 cm³/mol. The summed E-state index contributed by atoms with van der Waals surface area (Å²) in [5, 5.41) is 11.8. The van der Waals surface area contributed by atoms with Gasteiger partial charge in [0.2, 0.25) is 0 Å². The van der Waals surface area contributed by atoms with Crippen LogP contribution in [-0.2, 0) is 4.74 Å². The number of carbonyl (C=O) groups is 1. The van der Waals surface area contributed by atoms with Gasteiger partial charge in [0.15, 0.2) is 0 Å². The van der Waals surface area contributed by atoms with Crippen molar-refractivity contribution in [2.24, 2.45) is 0 Å². The molecule has 19 heavy (non-hydrogen) atoms. The molecular formula is C13H9BrN2O3. The molecule has 0 saturated heterocycles. The van der Waals surface area contributed by atoms with E-state index in [-0.39, 0.29) is 5.56 Å². The van der Waals surface area contributed by atoms with Crippen molar-refractivity contribution in [3.05, 3.63) is 40.6 Å². The minimum Gasteiger partial charge on any atom is -0.465 e. The SMILES string of the molecule is COC(=O)c1cncc2c3ccc(Br)cc3n(O)c12. The van der Waals surface area contributed by atoms with Crippen LogP contribution in [-0.4, -0.2) is 28.0 Å². The summed E-state index contributed by atoms with van der Waals surface area (Å²) in [6.07, 6.45) is 3.00. The number of benzene rings is 1. The van der Waals surface area contributed by atoms with Crippen molar-refractivity contribution < 1.29 is 14.7 Å². The van der Waals surface area contributed by atoms with E-state index in [2.05, 4.69) is 20.9 Å². The van der Waals surface area contributed by atoms with Crippen molar-refractivity contribution in [3.63, 3.8) is 0 Å². The standard InChI is InChI=1S/C13H9BrN2O3/c1-19-13(17)10-6-15-5-9-8-3-2-7(14)4-11(8)16(18)12(9)10/h2-6,18H,1H3. The number of aromatic nitrogens is 2. The number of nitrogens with zero attached hydrogens (tertiary/aromatic N) is 2. The fourth-order valence-corrected chi connectivity index (χ4v) is 2.52. The molecule has 0 aliphatic carbocycles. The molecule has 3 rings (SSSR count). The summed E-state index contributed by atoms with van der Waals surface area (Å²) in [5.74, 6) is -0.532. The molecule has 2 aromatic heterocycles. The number of rotatable bonds is 1. The van der Waals surface area contributed by atoms with Gasteiger partial charge in [0.05, 0.1) is 12.6 Å². The summed E-state index contributed by atoms with van der Waals surface area (Å²) in [7, 11) is 1.29. The number of halogens is 1. The van der Waals surface area contributed by atoms with Crippen LogP contribution in [0, 0.1) is 0 Å². The largest absolute Gasteiger partial charge is 0.465 e. The summed E-state index contributed by atoms with van der Waals surface area (Å²) < 4.78 is 6.53. The lowest BCUT2D eigenvalue weighted by molar-refractivity contribution is 0.0600. The lowest BCUT2D eigenvalue weighted by Gasteiger charge is -2.02. The Bertz CT molecular complexity index is 810. The minimum absolute atomic E-state index is 0.231. The molecule has 0 aliphatic heterocycles. The van der Waals surface area contributed by atoms with Crippen LogP contribution >= 0.6 is 15.9 Å². The van der Waals surface area contributed by atoms with Gasteiger partial charge in [-0.3, -0.25) is 4.98 Å². The first-order valence-electron chi connectivity index (χ1n) is 5.48. The van der Waals surface area contributed by atoms with E-state index in [1.165, 1.54) is 13.3 Å². The van der Waals surface area contributed by atoms with Gasteiger partial charge in [-0.1, -0.05) is 22.0 Å². The van der Waals surface area contributed by atoms with Crippen molar-refractivity contribution in [1.29, 1.82) is 0 Å². The summed E-state index contributed by atoms with van der Waals surface area (Å²) in [5.41, 5.74) is 1.23. The van der Waals surface area contributed by atoms with E-state index in [4.69, 9.17) is 4.74 Å². The highest BCUT2D eigenvalue weighted by Crippen LogP contribution is 2.31. The third-order valence-electron chi connectivity index (χ3n) is 3.01. The predicted octanol–water partition coefficient (Wildman–Crippen LogP) is 2.98. The van der Waals surface area contributed by atoms with Gasteiger partial charge in [0.1, 0.15) is 11.1 Å². The van der Waals surface area contributed by atoms with Gasteiger partial charge in [0.25, 0.3) is 0 Å². The van der Waals surface area contributed by atoms with Crippen molar-refractivity contribution in [1.82, 2.24) is 9.71 Å². The Morgan fingerprint density at radius 3 is 2.89 bits per heavy atom. The first-order valence-corrected chi connectivity index (χ1v) is 6.28. The molecule has 1 aromatic carbocycles. The number of esters is 1. The molecule has 0 unspecified atom stereocenters. The number of hydrogen-bond acceptors (Lipinski definition) is 4. The van der Waals surface area contributed by atoms with Crippen LogP contribution in [0.5, 0.6) is 0 Å². The second kappa shape index (κ2) is 4.24. The van der Waals surface area contributed by atoms with Gasteiger partial charge in [0, 0.05) is 27.6 Å².